The average molecular weight is 288 g/mol. The number of fused-ring (bicyclic) bond motifs is 1. The summed E-state index contributed by atoms with van der Waals surface area (Å²) in [4.78, 5) is 25.5. The van der Waals surface area contributed by atoms with Gasteiger partial charge in [-0.15, -0.1) is 0 Å². The SMILES string of the molecule is O=C1c2ccccc2C(=O)N1Cc1ccc(Cl)c(O)c1. The molecule has 0 atom stereocenters. The minimum Gasteiger partial charge on any atom is -0.506 e. The molecule has 0 radical (unpaired) electrons. The molecule has 100 valence electrons. The van der Waals surface area contributed by atoms with Crippen LogP contribution in [0.25, 0.3) is 0 Å². The zero-order valence-electron chi connectivity index (χ0n) is 10.3. The molecule has 0 saturated heterocycles. The molecule has 5 heteroatoms. The third kappa shape index (κ3) is 1.94. The monoisotopic (exact) mass is 287 g/mol. The number of aromatic hydroxyl groups is 1. The van der Waals surface area contributed by atoms with E-state index in [1.807, 2.05) is 0 Å². The summed E-state index contributed by atoms with van der Waals surface area (Å²) in [6, 6.07) is 11.4. The highest BCUT2D eigenvalue weighted by molar-refractivity contribution is 6.32. The second kappa shape index (κ2) is 4.65. The largest absolute Gasteiger partial charge is 0.506 e. The standard InChI is InChI=1S/C15H10ClNO3/c16-12-6-5-9(7-13(12)18)8-17-14(19)10-3-1-2-4-11(10)15(17)20/h1-7,18H,8H2. The van der Waals surface area contributed by atoms with E-state index in [0.717, 1.165) is 4.90 Å². The van der Waals surface area contributed by atoms with Gasteiger partial charge < -0.3 is 5.11 Å². The van der Waals surface area contributed by atoms with Gasteiger partial charge in [0.15, 0.2) is 0 Å². The molecule has 3 rings (SSSR count). The van der Waals surface area contributed by atoms with Crippen LogP contribution in [-0.2, 0) is 6.54 Å². The van der Waals surface area contributed by atoms with Crippen LogP contribution in [0.5, 0.6) is 5.75 Å². The molecule has 2 amide bonds. The molecule has 4 nitrogen and oxygen atoms in total. The highest BCUT2D eigenvalue weighted by atomic mass is 35.5. The normalized spacial score (nSPS) is 13.8. The van der Waals surface area contributed by atoms with Crippen LogP contribution in [0, 0.1) is 0 Å². The number of rotatable bonds is 2. The molecule has 0 saturated carbocycles. The minimum atomic E-state index is -0.319. The number of halogens is 1. The van der Waals surface area contributed by atoms with Crippen molar-refractivity contribution in [3.8, 4) is 5.75 Å². The van der Waals surface area contributed by atoms with Gasteiger partial charge in [-0.2, -0.15) is 0 Å². The van der Waals surface area contributed by atoms with E-state index >= 15 is 0 Å². The maximum absolute atomic E-state index is 12.2. The number of phenols is 1. The van der Waals surface area contributed by atoms with Gasteiger partial charge in [-0.1, -0.05) is 29.8 Å². The summed E-state index contributed by atoms with van der Waals surface area (Å²) in [5.41, 5.74) is 1.47. The number of carbonyl (C=O) groups is 2. The minimum absolute atomic E-state index is 0.0687. The van der Waals surface area contributed by atoms with Crippen molar-refractivity contribution in [2.45, 2.75) is 6.54 Å². The number of phenolic OH excluding ortho intramolecular Hbond substituents is 1. The molecule has 1 N–H and O–H groups in total. The number of carbonyl (C=O) groups excluding carboxylic acids is 2. The zero-order valence-corrected chi connectivity index (χ0v) is 11.1. The zero-order chi connectivity index (χ0) is 14.3. The van der Waals surface area contributed by atoms with Gasteiger partial charge in [0.1, 0.15) is 5.75 Å². The van der Waals surface area contributed by atoms with Gasteiger partial charge >= 0.3 is 0 Å². The van der Waals surface area contributed by atoms with Crippen molar-refractivity contribution in [2.24, 2.45) is 0 Å². The van der Waals surface area contributed by atoms with Crippen LogP contribution in [0.3, 0.4) is 0 Å². The third-order valence-electron chi connectivity index (χ3n) is 3.23. The molecular weight excluding hydrogens is 278 g/mol. The van der Waals surface area contributed by atoms with Gasteiger partial charge in [0, 0.05) is 0 Å². The molecule has 2 aromatic rings. The Morgan fingerprint density at radius 3 is 2.15 bits per heavy atom. The van der Waals surface area contributed by atoms with Crippen LogP contribution in [0.15, 0.2) is 42.5 Å². The lowest BCUT2D eigenvalue weighted by Gasteiger charge is -2.14. The lowest BCUT2D eigenvalue weighted by atomic mass is 10.1. The van der Waals surface area contributed by atoms with Crippen molar-refractivity contribution in [1.29, 1.82) is 0 Å². The van der Waals surface area contributed by atoms with Crippen molar-refractivity contribution in [3.05, 3.63) is 64.2 Å². The highest BCUT2D eigenvalue weighted by Crippen LogP contribution is 2.27. The van der Waals surface area contributed by atoms with Crippen molar-refractivity contribution < 1.29 is 14.7 Å². The Morgan fingerprint density at radius 2 is 1.60 bits per heavy atom. The second-order valence-corrected chi connectivity index (χ2v) is 4.93. The number of nitrogens with zero attached hydrogens (tertiary/aromatic N) is 1. The number of imide groups is 1. The number of amides is 2. The van der Waals surface area contributed by atoms with Crippen LogP contribution in [0.4, 0.5) is 0 Å². The van der Waals surface area contributed by atoms with Crippen LogP contribution in [-0.4, -0.2) is 21.8 Å². The number of benzene rings is 2. The lowest BCUT2D eigenvalue weighted by molar-refractivity contribution is 0.0642. The van der Waals surface area contributed by atoms with E-state index in [-0.39, 0.29) is 29.1 Å². The summed E-state index contributed by atoms with van der Waals surface area (Å²) in [5.74, 6) is -0.708. The van der Waals surface area contributed by atoms with E-state index in [1.165, 1.54) is 12.1 Å². The van der Waals surface area contributed by atoms with E-state index in [1.54, 1.807) is 30.3 Å². The first kappa shape index (κ1) is 12.7. The Balaban J connectivity index is 1.91. The van der Waals surface area contributed by atoms with E-state index < -0.39 is 0 Å². The van der Waals surface area contributed by atoms with Crippen molar-refractivity contribution in [1.82, 2.24) is 4.90 Å². The van der Waals surface area contributed by atoms with E-state index in [0.29, 0.717) is 16.7 Å². The fraction of sp³-hybridized carbons (Fsp3) is 0.0667. The molecule has 0 aliphatic carbocycles. The second-order valence-electron chi connectivity index (χ2n) is 4.53. The lowest BCUT2D eigenvalue weighted by Crippen LogP contribution is -2.29. The Morgan fingerprint density at radius 1 is 1.00 bits per heavy atom. The molecule has 0 bridgehead atoms. The van der Waals surface area contributed by atoms with Gasteiger partial charge in [0.2, 0.25) is 0 Å². The molecule has 0 spiro atoms. The van der Waals surface area contributed by atoms with E-state index in [9.17, 15) is 14.7 Å². The predicted octanol–water partition coefficient (Wildman–Crippen LogP) is 2.84. The quantitative estimate of drug-likeness (QED) is 0.864. The smallest absolute Gasteiger partial charge is 0.261 e. The van der Waals surface area contributed by atoms with Crippen LogP contribution in [0.1, 0.15) is 26.3 Å². The Hall–Kier alpha value is -2.33. The summed E-state index contributed by atoms with van der Waals surface area (Å²) < 4.78 is 0. The van der Waals surface area contributed by atoms with Crippen molar-refractivity contribution in [2.75, 3.05) is 0 Å². The molecule has 0 unspecified atom stereocenters. The molecule has 0 aromatic heterocycles. The van der Waals surface area contributed by atoms with Gasteiger partial charge in [-0.25, -0.2) is 0 Å². The first-order valence-electron chi connectivity index (χ1n) is 6.00. The molecule has 2 aromatic carbocycles. The fourth-order valence-corrected chi connectivity index (χ4v) is 2.34. The molecule has 1 aliphatic heterocycles. The Labute approximate surface area is 120 Å². The van der Waals surface area contributed by atoms with Gasteiger partial charge in [0.25, 0.3) is 11.8 Å². The summed E-state index contributed by atoms with van der Waals surface area (Å²) in [6.07, 6.45) is 0. The topological polar surface area (TPSA) is 57.6 Å². The van der Waals surface area contributed by atoms with E-state index in [4.69, 9.17) is 11.6 Å². The summed E-state index contributed by atoms with van der Waals surface area (Å²) in [5, 5.41) is 9.79. The molecule has 20 heavy (non-hydrogen) atoms. The predicted molar refractivity (Wildman–Crippen MR) is 73.8 cm³/mol. The van der Waals surface area contributed by atoms with Crippen LogP contribution >= 0.6 is 11.6 Å². The first-order chi connectivity index (χ1) is 9.58. The fourth-order valence-electron chi connectivity index (χ4n) is 2.22. The Bertz CT molecular complexity index is 692. The maximum atomic E-state index is 12.2. The third-order valence-corrected chi connectivity index (χ3v) is 3.55. The summed E-state index contributed by atoms with van der Waals surface area (Å²) in [7, 11) is 0. The van der Waals surface area contributed by atoms with E-state index in [2.05, 4.69) is 0 Å². The van der Waals surface area contributed by atoms with Gasteiger partial charge in [0.05, 0.1) is 22.7 Å². The molecule has 0 fully saturated rings. The molecule has 1 aliphatic rings. The van der Waals surface area contributed by atoms with Crippen LogP contribution in [0.2, 0.25) is 5.02 Å². The number of hydrogen-bond acceptors (Lipinski definition) is 3. The Kier molecular flexibility index (Phi) is 2.95. The highest BCUT2D eigenvalue weighted by Gasteiger charge is 2.34. The van der Waals surface area contributed by atoms with Gasteiger partial charge in [-0.05, 0) is 29.8 Å². The van der Waals surface area contributed by atoms with Crippen molar-refractivity contribution >= 4 is 23.4 Å². The molecule has 1 heterocycles. The summed E-state index contributed by atoms with van der Waals surface area (Å²) in [6.45, 7) is 0.108. The summed E-state index contributed by atoms with van der Waals surface area (Å²) >= 11 is 5.73. The first-order valence-corrected chi connectivity index (χ1v) is 6.38. The van der Waals surface area contributed by atoms with Crippen LogP contribution < -0.4 is 0 Å². The maximum Gasteiger partial charge on any atom is 0.261 e. The van der Waals surface area contributed by atoms with Crippen molar-refractivity contribution in [3.63, 3.8) is 0 Å². The number of hydrogen-bond donors (Lipinski definition) is 1. The van der Waals surface area contributed by atoms with Gasteiger partial charge in [-0.3, -0.25) is 14.5 Å². The average Bonchev–Trinajstić information content (AvgIpc) is 2.69. The molecular formula is C15H10ClNO3.